The van der Waals surface area contributed by atoms with Gasteiger partial charge < -0.3 is 10.1 Å². The fourth-order valence-electron chi connectivity index (χ4n) is 3.50. The molecule has 0 radical (unpaired) electrons. The molecule has 0 unspecified atom stereocenters. The van der Waals surface area contributed by atoms with E-state index < -0.39 is 0 Å². The summed E-state index contributed by atoms with van der Waals surface area (Å²) in [5, 5.41) is 3.50. The lowest BCUT2D eigenvalue weighted by molar-refractivity contribution is 0.0526. The van der Waals surface area contributed by atoms with Crippen molar-refractivity contribution in [2.45, 2.75) is 47.0 Å². The van der Waals surface area contributed by atoms with Crippen molar-refractivity contribution in [2.75, 3.05) is 11.9 Å². The number of carbonyl (C=O) groups excluding carboxylic acids is 2. The van der Waals surface area contributed by atoms with Crippen LogP contribution in [0.2, 0.25) is 0 Å². The monoisotopic (exact) mass is 386 g/mol. The number of hydrogen-bond donors (Lipinski definition) is 1. The second kappa shape index (κ2) is 7.80. The third kappa shape index (κ3) is 4.21. The molecule has 1 amide bonds. The zero-order chi connectivity index (χ0) is 19.6. The van der Waals surface area contributed by atoms with E-state index in [2.05, 4.69) is 31.1 Å². The Balaban J connectivity index is 1.94. The number of pyridine rings is 1. The van der Waals surface area contributed by atoms with Crippen LogP contribution in [0.25, 0.3) is 0 Å². The van der Waals surface area contributed by atoms with Crippen molar-refractivity contribution in [1.82, 2.24) is 4.98 Å². The number of anilines is 1. The van der Waals surface area contributed by atoms with Gasteiger partial charge in [0.1, 0.15) is 5.00 Å². The zero-order valence-electron chi connectivity index (χ0n) is 16.3. The van der Waals surface area contributed by atoms with Crippen LogP contribution in [-0.4, -0.2) is 23.5 Å². The second-order valence-electron chi connectivity index (χ2n) is 7.93. The molecule has 6 heteroatoms. The quantitative estimate of drug-likeness (QED) is 0.772. The summed E-state index contributed by atoms with van der Waals surface area (Å²) in [5.74, 6) is -0.0640. The summed E-state index contributed by atoms with van der Waals surface area (Å²) in [6.07, 6.45) is 5.94. The minimum Gasteiger partial charge on any atom is -0.462 e. The van der Waals surface area contributed by atoms with Crippen molar-refractivity contribution in [3.05, 3.63) is 46.1 Å². The number of carbonyl (C=O) groups is 2. The number of rotatable bonds is 4. The van der Waals surface area contributed by atoms with Crippen LogP contribution in [0.3, 0.4) is 0 Å². The molecule has 27 heavy (non-hydrogen) atoms. The van der Waals surface area contributed by atoms with Crippen LogP contribution in [0.1, 0.15) is 65.3 Å². The van der Waals surface area contributed by atoms with Gasteiger partial charge in [-0.05, 0) is 55.2 Å². The molecule has 0 fully saturated rings. The lowest BCUT2D eigenvalue weighted by Crippen LogP contribution is -2.26. The van der Waals surface area contributed by atoms with E-state index >= 15 is 0 Å². The highest BCUT2D eigenvalue weighted by Crippen LogP contribution is 2.44. The predicted molar refractivity (Wildman–Crippen MR) is 107 cm³/mol. The highest BCUT2D eigenvalue weighted by atomic mass is 32.1. The van der Waals surface area contributed by atoms with Gasteiger partial charge in [-0.1, -0.05) is 20.8 Å². The van der Waals surface area contributed by atoms with Gasteiger partial charge in [0.15, 0.2) is 0 Å². The molecule has 5 nitrogen and oxygen atoms in total. The average Bonchev–Trinajstić information content (AvgIpc) is 2.99. The molecule has 1 N–H and O–H groups in total. The Morgan fingerprint density at radius 3 is 2.78 bits per heavy atom. The molecule has 0 saturated carbocycles. The summed E-state index contributed by atoms with van der Waals surface area (Å²) in [6.45, 7) is 8.87. The van der Waals surface area contributed by atoms with Gasteiger partial charge in [-0.25, -0.2) is 4.79 Å². The van der Waals surface area contributed by atoms with Gasteiger partial charge in [-0.2, -0.15) is 0 Å². The van der Waals surface area contributed by atoms with Crippen LogP contribution in [0.15, 0.2) is 24.5 Å². The maximum absolute atomic E-state index is 12.6. The van der Waals surface area contributed by atoms with Crippen LogP contribution < -0.4 is 5.32 Å². The van der Waals surface area contributed by atoms with Crippen molar-refractivity contribution in [3.63, 3.8) is 0 Å². The predicted octanol–water partition coefficient (Wildman–Crippen LogP) is 4.72. The van der Waals surface area contributed by atoms with Gasteiger partial charge in [0.2, 0.25) is 0 Å². The fourth-order valence-corrected chi connectivity index (χ4v) is 4.82. The summed E-state index contributed by atoms with van der Waals surface area (Å²) in [5.41, 5.74) is 2.25. The van der Waals surface area contributed by atoms with Crippen LogP contribution in [0.4, 0.5) is 5.00 Å². The Morgan fingerprint density at radius 1 is 1.37 bits per heavy atom. The van der Waals surface area contributed by atoms with Gasteiger partial charge in [0, 0.05) is 17.3 Å². The highest BCUT2D eigenvalue weighted by molar-refractivity contribution is 7.17. The summed E-state index contributed by atoms with van der Waals surface area (Å²) < 4.78 is 5.28. The third-order valence-corrected chi connectivity index (χ3v) is 6.29. The van der Waals surface area contributed by atoms with E-state index in [1.165, 1.54) is 22.4 Å². The number of hydrogen-bond acceptors (Lipinski definition) is 5. The van der Waals surface area contributed by atoms with Gasteiger partial charge in [-0.3, -0.25) is 9.78 Å². The largest absolute Gasteiger partial charge is 0.462 e. The molecule has 2 heterocycles. The summed E-state index contributed by atoms with van der Waals surface area (Å²) in [4.78, 5) is 30.4. The smallest absolute Gasteiger partial charge is 0.341 e. The SMILES string of the molecule is CCOC(=O)c1c(NC(=O)c2cccnc2)sc2c1CC[C@@H](C(C)(C)C)C2. The molecule has 0 saturated heterocycles. The lowest BCUT2D eigenvalue weighted by atomic mass is 9.72. The Morgan fingerprint density at radius 2 is 2.15 bits per heavy atom. The van der Waals surface area contributed by atoms with Gasteiger partial charge in [0.25, 0.3) is 5.91 Å². The van der Waals surface area contributed by atoms with Crippen molar-refractivity contribution in [1.29, 1.82) is 0 Å². The number of aromatic nitrogens is 1. The molecule has 3 rings (SSSR count). The molecule has 144 valence electrons. The van der Waals surface area contributed by atoms with E-state index in [0.29, 0.717) is 28.7 Å². The number of esters is 1. The van der Waals surface area contributed by atoms with E-state index in [0.717, 1.165) is 24.8 Å². The zero-order valence-corrected chi connectivity index (χ0v) is 17.1. The van der Waals surface area contributed by atoms with Gasteiger partial charge >= 0.3 is 5.97 Å². The van der Waals surface area contributed by atoms with E-state index in [-0.39, 0.29) is 17.3 Å². The lowest BCUT2D eigenvalue weighted by Gasteiger charge is -2.33. The third-order valence-electron chi connectivity index (χ3n) is 5.12. The minimum absolute atomic E-state index is 0.213. The van der Waals surface area contributed by atoms with E-state index in [1.807, 2.05) is 0 Å². The molecule has 1 atom stereocenters. The summed E-state index contributed by atoms with van der Waals surface area (Å²) >= 11 is 1.51. The van der Waals surface area contributed by atoms with Crippen molar-refractivity contribution < 1.29 is 14.3 Å². The molecule has 1 aliphatic carbocycles. The highest BCUT2D eigenvalue weighted by Gasteiger charge is 2.34. The number of thiophene rings is 1. The molecular weight excluding hydrogens is 360 g/mol. The Kier molecular flexibility index (Phi) is 5.65. The van der Waals surface area contributed by atoms with Crippen LogP contribution in [0, 0.1) is 11.3 Å². The summed E-state index contributed by atoms with van der Waals surface area (Å²) in [7, 11) is 0. The Labute approximate surface area is 164 Å². The first-order valence-corrected chi connectivity index (χ1v) is 10.2. The van der Waals surface area contributed by atoms with E-state index in [4.69, 9.17) is 4.74 Å². The van der Waals surface area contributed by atoms with Crippen LogP contribution in [-0.2, 0) is 17.6 Å². The van der Waals surface area contributed by atoms with Gasteiger partial charge in [0.05, 0.1) is 17.7 Å². The number of fused-ring (bicyclic) bond motifs is 1. The first kappa shape index (κ1) is 19.5. The average molecular weight is 387 g/mol. The number of amides is 1. The minimum atomic E-state index is -0.356. The van der Waals surface area contributed by atoms with Crippen LogP contribution >= 0.6 is 11.3 Å². The Hall–Kier alpha value is -2.21. The molecular formula is C21H26N2O3S. The first-order chi connectivity index (χ1) is 12.8. The molecule has 2 aromatic heterocycles. The maximum Gasteiger partial charge on any atom is 0.341 e. The molecule has 0 aliphatic heterocycles. The molecule has 1 aliphatic rings. The first-order valence-electron chi connectivity index (χ1n) is 9.34. The number of nitrogens with one attached hydrogen (secondary N) is 1. The molecule has 0 aromatic carbocycles. The fraction of sp³-hybridized carbons (Fsp3) is 0.476. The molecule has 0 spiro atoms. The van der Waals surface area contributed by atoms with Gasteiger partial charge in [-0.15, -0.1) is 11.3 Å². The van der Waals surface area contributed by atoms with Crippen molar-refractivity contribution in [2.24, 2.45) is 11.3 Å². The normalized spacial score (nSPS) is 16.5. The van der Waals surface area contributed by atoms with Crippen molar-refractivity contribution >= 4 is 28.2 Å². The molecule has 2 aromatic rings. The number of ether oxygens (including phenoxy) is 1. The Bertz CT molecular complexity index is 837. The van der Waals surface area contributed by atoms with E-state index in [1.54, 1.807) is 25.3 Å². The van der Waals surface area contributed by atoms with Crippen LogP contribution in [0.5, 0.6) is 0 Å². The second-order valence-corrected chi connectivity index (χ2v) is 9.04. The molecule has 0 bridgehead atoms. The maximum atomic E-state index is 12.6. The topological polar surface area (TPSA) is 68.3 Å². The number of nitrogens with zero attached hydrogens (tertiary/aromatic N) is 1. The summed E-state index contributed by atoms with van der Waals surface area (Å²) in [6, 6.07) is 3.42. The van der Waals surface area contributed by atoms with Crippen molar-refractivity contribution in [3.8, 4) is 0 Å². The van der Waals surface area contributed by atoms with E-state index in [9.17, 15) is 9.59 Å². The standard InChI is InChI=1S/C21H26N2O3S/c1-5-26-20(25)17-15-9-8-14(21(2,3)4)11-16(15)27-19(17)23-18(24)13-7-6-10-22-12-13/h6-7,10,12,14H,5,8-9,11H2,1-4H3,(H,23,24)/t14-/m1/s1.